The number of nitrogens with zero attached hydrogens (tertiary/aromatic N) is 3. The molecule has 1 amide bonds. The van der Waals surface area contributed by atoms with Crippen molar-refractivity contribution >= 4 is 35.8 Å². The smallest absolute Gasteiger partial charge is 0.242 e. The molecule has 0 heterocycles. The van der Waals surface area contributed by atoms with E-state index in [2.05, 4.69) is 43.4 Å². The third-order valence-electron chi connectivity index (χ3n) is 4.31. The fraction of sp³-hybridized carbons (Fsp3) is 0.600. The van der Waals surface area contributed by atoms with E-state index in [-0.39, 0.29) is 29.9 Å². The average molecular weight is 474 g/mol. The maximum atomic E-state index is 12.3. The summed E-state index contributed by atoms with van der Waals surface area (Å²) >= 11 is 0. The van der Waals surface area contributed by atoms with Crippen LogP contribution in [0.1, 0.15) is 44.7 Å². The third kappa shape index (κ3) is 7.93. The van der Waals surface area contributed by atoms with Crippen LogP contribution in [0.25, 0.3) is 0 Å². The first-order chi connectivity index (χ1) is 11.9. The Labute approximate surface area is 176 Å². The molecule has 1 aromatic carbocycles. The molecule has 0 fully saturated rings. The predicted octanol–water partition coefficient (Wildman–Crippen LogP) is 3.48. The molecular weight excluding hydrogens is 439 g/mol. The largest absolute Gasteiger partial charge is 0.357 e. The molecule has 0 saturated heterocycles. The quantitative estimate of drug-likeness (QED) is 0.357. The molecular formula is C20H35IN4O. The van der Waals surface area contributed by atoms with Crippen LogP contribution >= 0.6 is 24.0 Å². The highest BCUT2D eigenvalue weighted by atomic mass is 127. The Morgan fingerprint density at radius 2 is 1.88 bits per heavy atom. The van der Waals surface area contributed by atoms with Crippen LogP contribution in [-0.4, -0.2) is 61.4 Å². The number of rotatable bonds is 8. The monoisotopic (exact) mass is 474 g/mol. The molecule has 0 aliphatic carbocycles. The Kier molecular flexibility index (Phi) is 12.3. The lowest BCUT2D eigenvalue weighted by Gasteiger charge is -2.26. The number of hydrogen-bond acceptors (Lipinski definition) is 2. The van der Waals surface area contributed by atoms with Crippen molar-refractivity contribution in [3.05, 3.63) is 35.4 Å². The number of likely N-dealkylation sites (N-methyl/N-ethyl adjacent to an activating group) is 2. The Morgan fingerprint density at radius 3 is 2.42 bits per heavy atom. The van der Waals surface area contributed by atoms with Crippen LogP contribution in [0.5, 0.6) is 0 Å². The number of aliphatic imine (C=N–C) groups is 1. The summed E-state index contributed by atoms with van der Waals surface area (Å²) in [6.07, 6.45) is 0. The predicted molar refractivity (Wildman–Crippen MR) is 122 cm³/mol. The molecule has 1 N–H and O–H groups in total. The Hall–Kier alpha value is -1.31. The van der Waals surface area contributed by atoms with Crippen molar-refractivity contribution < 1.29 is 4.79 Å². The van der Waals surface area contributed by atoms with Crippen LogP contribution in [0.15, 0.2) is 29.3 Å². The summed E-state index contributed by atoms with van der Waals surface area (Å²) in [7, 11) is 1.92. The second-order valence-corrected chi connectivity index (χ2v) is 6.43. The Balaban J connectivity index is 0.00000625. The summed E-state index contributed by atoms with van der Waals surface area (Å²) in [6.45, 7) is 13.6. The Bertz CT molecular complexity index is 573. The van der Waals surface area contributed by atoms with Gasteiger partial charge in [0.25, 0.3) is 0 Å². The SMILES string of the molecule is CCNC(=NCC(C)c1cccc(C)c1)N(C)CC(=O)N(CC)CC.I. The molecule has 0 spiro atoms. The second kappa shape index (κ2) is 12.9. The molecule has 1 unspecified atom stereocenters. The molecule has 0 radical (unpaired) electrons. The maximum Gasteiger partial charge on any atom is 0.242 e. The number of carbonyl (C=O) groups is 1. The van der Waals surface area contributed by atoms with Gasteiger partial charge < -0.3 is 15.1 Å². The Morgan fingerprint density at radius 1 is 1.23 bits per heavy atom. The highest BCUT2D eigenvalue weighted by molar-refractivity contribution is 14.0. The molecule has 1 rings (SSSR count). The maximum absolute atomic E-state index is 12.3. The summed E-state index contributed by atoms with van der Waals surface area (Å²) < 4.78 is 0. The number of benzene rings is 1. The van der Waals surface area contributed by atoms with E-state index in [0.717, 1.165) is 25.6 Å². The van der Waals surface area contributed by atoms with Gasteiger partial charge in [-0.1, -0.05) is 36.8 Å². The van der Waals surface area contributed by atoms with E-state index in [9.17, 15) is 4.79 Å². The molecule has 0 aliphatic heterocycles. The minimum absolute atomic E-state index is 0. The number of hydrogen-bond donors (Lipinski definition) is 1. The van der Waals surface area contributed by atoms with E-state index < -0.39 is 0 Å². The minimum Gasteiger partial charge on any atom is -0.357 e. The fourth-order valence-electron chi connectivity index (χ4n) is 2.73. The van der Waals surface area contributed by atoms with E-state index in [4.69, 9.17) is 4.99 Å². The zero-order valence-electron chi connectivity index (χ0n) is 17.1. The van der Waals surface area contributed by atoms with Crippen LogP contribution in [0, 0.1) is 6.92 Å². The number of aryl methyl sites for hydroxylation is 1. The van der Waals surface area contributed by atoms with Gasteiger partial charge >= 0.3 is 0 Å². The average Bonchev–Trinajstić information content (AvgIpc) is 2.59. The van der Waals surface area contributed by atoms with E-state index >= 15 is 0 Å². The van der Waals surface area contributed by atoms with Crippen molar-refractivity contribution in [2.45, 2.75) is 40.5 Å². The highest BCUT2D eigenvalue weighted by Crippen LogP contribution is 2.16. The van der Waals surface area contributed by atoms with Gasteiger partial charge in [-0.05, 0) is 33.3 Å². The number of amides is 1. The van der Waals surface area contributed by atoms with Crippen molar-refractivity contribution in [3.8, 4) is 0 Å². The lowest BCUT2D eigenvalue weighted by Crippen LogP contribution is -2.45. The molecule has 0 bridgehead atoms. The first-order valence-corrected chi connectivity index (χ1v) is 9.26. The normalized spacial score (nSPS) is 12.2. The van der Waals surface area contributed by atoms with Crippen LogP contribution in [0.4, 0.5) is 0 Å². The first-order valence-electron chi connectivity index (χ1n) is 9.26. The zero-order valence-corrected chi connectivity index (χ0v) is 19.4. The van der Waals surface area contributed by atoms with Gasteiger partial charge in [-0.2, -0.15) is 0 Å². The molecule has 6 heteroatoms. The van der Waals surface area contributed by atoms with Gasteiger partial charge in [-0.25, -0.2) is 0 Å². The van der Waals surface area contributed by atoms with Crippen LogP contribution in [-0.2, 0) is 4.79 Å². The van der Waals surface area contributed by atoms with Crippen molar-refractivity contribution in [2.24, 2.45) is 4.99 Å². The summed E-state index contributed by atoms with van der Waals surface area (Å²) in [5.74, 6) is 1.24. The number of nitrogens with one attached hydrogen (secondary N) is 1. The molecule has 148 valence electrons. The molecule has 0 saturated carbocycles. The molecule has 0 aromatic heterocycles. The summed E-state index contributed by atoms with van der Waals surface area (Å²) in [5.41, 5.74) is 2.56. The van der Waals surface area contributed by atoms with Crippen LogP contribution in [0.2, 0.25) is 0 Å². The van der Waals surface area contributed by atoms with Gasteiger partial charge in [0.05, 0.1) is 6.54 Å². The lowest BCUT2D eigenvalue weighted by molar-refractivity contribution is -0.131. The molecule has 5 nitrogen and oxygen atoms in total. The number of guanidine groups is 1. The number of carbonyl (C=O) groups excluding carboxylic acids is 1. The zero-order chi connectivity index (χ0) is 18.8. The molecule has 1 atom stereocenters. The van der Waals surface area contributed by atoms with Crippen molar-refractivity contribution in [3.63, 3.8) is 0 Å². The fourth-order valence-corrected chi connectivity index (χ4v) is 2.73. The van der Waals surface area contributed by atoms with Gasteiger partial charge in [-0.3, -0.25) is 9.79 Å². The van der Waals surface area contributed by atoms with Gasteiger partial charge in [0.15, 0.2) is 5.96 Å². The third-order valence-corrected chi connectivity index (χ3v) is 4.31. The summed E-state index contributed by atoms with van der Waals surface area (Å²) in [4.78, 5) is 20.8. The minimum atomic E-state index is 0. The van der Waals surface area contributed by atoms with Crippen molar-refractivity contribution in [1.29, 1.82) is 0 Å². The summed E-state index contributed by atoms with van der Waals surface area (Å²) in [6, 6.07) is 8.55. The molecule has 0 aliphatic rings. The van der Waals surface area contributed by atoms with E-state index in [0.29, 0.717) is 19.0 Å². The summed E-state index contributed by atoms with van der Waals surface area (Å²) in [5, 5.41) is 3.29. The van der Waals surface area contributed by atoms with Crippen molar-refractivity contribution in [1.82, 2.24) is 15.1 Å². The van der Waals surface area contributed by atoms with Crippen molar-refractivity contribution in [2.75, 3.05) is 39.8 Å². The van der Waals surface area contributed by atoms with Gasteiger partial charge in [0.1, 0.15) is 0 Å². The van der Waals surface area contributed by atoms with Crippen LogP contribution < -0.4 is 5.32 Å². The van der Waals surface area contributed by atoms with Gasteiger partial charge in [0, 0.05) is 39.1 Å². The standard InChI is InChI=1S/C20H34N4O.HI/c1-7-21-20(23(6)15-19(25)24(8-2)9-3)22-14-17(5)18-12-10-11-16(4)13-18;/h10-13,17H,7-9,14-15H2,1-6H3,(H,21,22);1H. The number of halogens is 1. The highest BCUT2D eigenvalue weighted by Gasteiger charge is 2.15. The van der Waals surface area contributed by atoms with E-state index in [1.165, 1.54) is 11.1 Å². The molecule has 1 aromatic rings. The van der Waals surface area contributed by atoms with Gasteiger partial charge in [-0.15, -0.1) is 24.0 Å². The first kappa shape index (κ1) is 24.7. The van der Waals surface area contributed by atoms with Crippen LogP contribution in [0.3, 0.4) is 0 Å². The lowest BCUT2D eigenvalue weighted by atomic mass is 10.00. The molecule has 26 heavy (non-hydrogen) atoms. The van der Waals surface area contributed by atoms with E-state index in [1.54, 1.807) is 0 Å². The van der Waals surface area contributed by atoms with Gasteiger partial charge in [0.2, 0.25) is 5.91 Å². The second-order valence-electron chi connectivity index (χ2n) is 6.43. The topological polar surface area (TPSA) is 47.9 Å². The van der Waals surface area contributed by atoms with E-state index in [1.807, 2.05) is 37.6 Å².